The number of benzene rings is 1. The molecule has 1 aromatic carbocycles. The highest BCUT2D eigenvalue weighted by Crippen LogP contribution is 2.27. The van der Waals surface area contributed by atoms with E-state index in [0.717, 1.165) is 11.1 Å². The second-order valence-corrected chi connectivity index (χ2v) is 3.95. The third-order valence-electron chi connectivity index (χ3n) is 2.05. The second-order valence-electron chi connectivity index (χ2n) is 2.89. The zero-order chi connectivity index (χ0) is 8.72. The predicted octanol–water partition coefficient (Wildman–Crippen LogP) is 2.38. The van der Waals surface area contributed by atoms with Gasteiger partial charge in [-0.1, -0.05) is 11.6 Å². The Balaban J connectivity index is 2.54. The molecule has 1 atom stereocenters. The molecule has 0 N–H and O–H groups in total. The monoisotopic (exact) mass is 198 g/mol. The molecule has 0 saturated carbocycles. The average molecular weight is 199 g/mol. The van der Waals surface area contributed by atoms with E-state index in [1.54, 1.807) is 12.1 Å². The standard InChI is InChI=1S/C9H7ClOS/c10-6-1-2-7-5(3-6)4-8(12)9(7)11/h1-3,8,12H,4H2. The van der Waals surface area contributed by atoms with Crippen molar-refractivity contribution in [1.29, 1.82) is 0 Å². The minimum Gasteiger partial charge on any atom is -0.293 e. The van der Waals surface area contributed by atoms with E-state index in [2.05, 4.69) is 12.6 Å². The van der Waals surface area contributed by atoms with Crippen molar-refractivity contribution in [3.63, 3.8) is 0 Å². The quantitative estimate of drug-likeness (QED) is 0.634. The maximum absolute atomic E-state index is 11.4. The lowest BCUT2D eigenvalue weighted by Gasteiger charge is -1.95. The molecule has 1 aliphatic carbocycles. The van der Waals surface area contributed by atoms with Crippen LogP contribution in [0.25, 0.3) is 0 Å². The molecule has 1 unspecified atom stereocenters. The SMILES string of the molecule is O=C1c2ccc(Cl)cc2CC1S. The van der Waals surface area contributed by atoms with Crippen molar-refractivity contribution in [2.24, 2.45) is 0 Å². The summed E-state index contributed by atoms with van der Waals surface area (Å²) in [5.74, 6) is 0.116. The first-order chi connectivity index (χ1) is 5.68. The van der Waals surface area contributed by atoms with Gasteiger partial charge in [-0.2, -0.15) is 12.6 Å². The van der Waals surface area contributed by atoms with Gasteiger partial charge in [0.2, 0.25) is 0 Å². The van der Waals surface area contributed by atoms with Crippen molar-refractivity contribution in [3.05, 3.63) is 34.3 Å². The van der Waals surface area contributed by atoms with Crippen LogP contribution in [-0.4, -0.2) is 11.0 Å². The first-order valence-electron chi connectivity index (χ1n) is 3.69. The van der Waals surface area contributed by atoms with Crippen LogP contribution in [0.3, 0.4) is 0 Å². The Morgan fingerprint density at radius 1 is 1.50 bits per heavy atom. The number of halogens is 1. The topological polar surface area (TPSA) is 17.1 Å². The van der Waals surface area contributed by atoms with Crippen LogP contribution in [0, 0.1) is 0 Å². The summed E-state index contributed by atoms with van der Waals surface area (Å²) in [6.45, 7) is 0. The number of carbonyl (C=O) groups excluding carboxylic acids is 1. The molecule has 0 bridgehead atoms. The van der Waals surface area contributed by atoms with E-state index in [9.17, 15) is 4.79 Å². The maximum atomic E-state index is 11.4. The van der Waals surface area contributed by atoms with Gasteiger partial charge in [-0.25, -0.2) is 0 Å². The van der Waals surface area contributed by atoms with Crippen LogP contribution in [0.5, 0.6) is 0 Å². The molecule has 62 valence electrons. The van der Waals surface area contributed by atoms with E-state index in [4.69, 9.17) is 11.6 Å². The summed E-state index contributed by atoms with van der Waals surface area (Å²) in [6.07, 6.45) is 0.706. The van der Waals surface area contributed by atoms with Gasteiger partial charge >= 0.3 is 0 Å². The molecule has 1 aliphatic rings. The van der Waals surface area contributed by atoms with E-state index in [1.165, 1.54) is 0 Å². The Morgan fingerprint density at radius 3 is 3.00 bits per heavy atom. The van der Waals surface area contributed by atoms with Crippen LogP contribution in [0.15, 0.2) is 18.2 Å². The minimum absolute atomic E-state index is 0.116. The number of ketones is 1. The average Bonchev–Trinajstić information content (AvgIpc) is 2.28. The summed E-state index contributed by atoms with van der Waals surface area (Å²) in [7, 11) is 0. The van der Waals surface area contributed by atoms with Gasteiger partial charge < -0.3 is 0 Å². The lowest BCUT2D eigenvalue weighted by molar-refractivity contribution is 0.100. The molecule has 3 heteroatoms. The van der Waals surface area contributed by atoms with Gasteiger partial charge in [-0.3, -0.25) is 4.79 Å². The summed E-state index contributed by atoms with van der Waals surface area (Å²) in [5.41, 5.74) is 1.80. The Bertz CT molecular complexity index is 348. The molecule has 12 heavy (non-hydrogen) atoms. The molecule has 2 rings (SSSR count). The Kier molecular flexibility index (Phi) is 1.89. The molecule has 0 heterocycles. The van der Waals surface area contributed by atoms with Crippen LogP contribution in [0.2, 0.25) is 5.02 Å². The third-order valence-corrected chi connectivity index (χ3v) is 2.70. The molecular formula is C9H7ClOS. The Labute approximate surface area is 81.1 Å². The fourth-order valence-electron chi connectivity index (χ4n) is 1.45. The van der Waals surface area contributed by atoms with Crippen molar-refractivity contribution in [2.45, 2.75) is 11.7 Å². The van der Waals surface area contributed by atoms with E-state index in [1.807, 2.05) is 6.07 Å². The van der Waals surface area contributed by atoms with Gasteiger partial charge in [-0.15, -0.1) is 0 Å². The van der Waals surface area contributed by atoms with Crippen molar-refractivity contribution in [3.8, 4) is 0 Å². The zero-order valence-electron chi connectivity index (χ0n) is 6.25. The normalized spacial score (nSPS) is 21.2. The highest BCUT2D eigenvalue weighted by atomic mass is 35.5. The number of hydrogen-bond donors (Lipinski definition) is 1. The van der Waals surface area contributed by atoms with Crippen molar-refractivity contribution < 1.29 is 4.79 Å². The molecule has 0 radical (unpaired) electrons. The Morgan fingerprint density at radius 2 is 2.25 bits per heavy atom. The number of hydrogen-bond acceptors (Lipinski definition) is 2. The summed E-state index contributed by atoms with van der Waals surface area (Å²) in [6, 6.07) is 5.35. The molecule has 0 amide bonds. The van der Waals surface area contributed by atoms with Crippen LogP contribution in [0.1, 0.15) is 15.9 Å². The number of fused-ring (bicyclic) bond motifs is 1. The number of Topliss-reactive ketones (excluding diaryl/α,β-unsaturated/α-hetero) is 1. The second kappa shape index (κ2) is 2.79. The molecular weight excluding hydrogens is 192 g/mol. The zero-order valence-corrected chi connectivity index (χ0v) is 7.90. The molecule has 0 fully saturated rings. The molecule has 0 aromatic heterocycles. The van der Waals surface area contributed by atoms with Crippen LogP contribution < -0.4 is 0 Å². The van der Waals surface area contributed by atoms with Gasteiger partial charge in [0, 0.05) is 10.6 Å². The lowest BCUT2D eigenvalue weighted by atomic mass is 10.1. The number of thiol groups is 1. The fourth-order valence-corrected chi connectivity index (χ4v) is 1.98. The van der Waals surface area contributed by atoms with Crippen LogP contribution >= 0.6 is 24.2 Å². The summed E-state index contributed by atoms with van der Waals surface area (Å²) in [4.78, 5) is 11.4. The van der Waals surface area contributed by atoms with Crippen LogP contribution in [0.4, 0.5) is 0 Å². The van der Waals surface area contributed by atoms with Crippen LogP contribution in [-0.2, 0) is 6.42 Å². The smallest absolute Gasteiger partial charge is 0.176 e. The largest absolute Gasteiger partial charge is 0.293 e. The van der Waals surface area contributed by atoms with Gasteiger partial charge in [-0.05, 0) is 30.2 Å². The van der Waals surface area contributed by atoms with Gasteiger partial charge in [0.25, 0.3) is 0 Å². The van der Waals surface area contributed by atoms with Crippen molar-refractivity contribution >= 4 is 30.0 Å². The van der Waals surface area contributed by atoms with Gasteiger partial charge in [0.15, 0.2) is 5.78 Å². The number of rotatable bonds is 0. The molecule has 1 aromatic rings. The highest BCUT2D eigenvalue weighted by Gasteiger charge is 2.27. The Hall–Kier alpha value is -0.470. The summed E-state index contributed by atoms with van der Waals surface area (Å²) in [5, 5.41) is 0.516. The maximum Gasteiger partial charge on any atom is 0.176 e. The minimum atomic E-state index is -0.168. The van der Waals surface area contributed by atoms with Gasteiger partial charge in [0.1, 0.15) is 0 Å². The van der Waals surface area contributed by atoms with Crippen molar-refractivity contribution in [2.75, 3.05) is 0 Å². The molecule has 0 saturated heterocycles. The first-order valence-corrected chi connectivity index (χ1v) is 4.58. The molecule has 0 spiro atoms. The summed E-state index contributed by atoms with van der Waals surface area (Å²) >= 11 is 9.96. The number of carbonyl (C=O) groups is 1. The lowest BCUT2D eigenvalue weighted by Crippen LogP contribution is -2.06. The molecule has 1 nitrogen and oxygen atoms in total. The van der Waals surface area contributed by atoms with Gasteiger partial charge in [0.05, 0.1) is 5.25 Å². The third kappa shape index (κ3) is 1.15. The summed E-state index contributed by atoms with van der Waals surface area (Å²) < 4.78 is 0. The van der Waals surface area contributed by atoms with Crippen molar-refractivity contribution in [1.82, 2.24) is 0 Å². The van der Waals surface area contributed by atoms with E-state index in [0.29, 0.717) is 11.4 Å². The highest BCUT2D eigenvalue weighted by molar-refractivity contribution is 7.81. The molecule has 0 aliphatic heterocycles. The van der Waals surface area contributed by atoms with E-state index < -0.39 is 0 Å². The fraction of sp³-hybridized carbons (Fsp3) is 0.222. The van der Waals surface area contributed by atoms with E-state index in [-0.39, 0.29) is 11.0 Å². The van der Waals surface area contributed by atoms with E-state index >= 15 is 0 Å². The predicted molar refractivity (Wildman–Crippen MR) is 52.3 cm³/mol. The first kappa shape index (κ1) is 8.14.